The van der Waals surface area contributed by atoms with E-state index < -0.39 is 10.0 Å². The van der Waals surface area contributed by atoms with Gasteiger partial charge in [0.2, 0.25) is 15.9 Å². The van der Waals surface area contributed by atoms with Crippen LogP contribution in [0.1, 0.15) is 12.8 Å². The summed E-state index contributed by atoms with van der Waals surface area (Å²) in [5, 5.41) is 2.90. The molecule has 2 rings (SSSR count). The number of hydrogen-bond donors (Lipinski definition) is 2. The molecule has 1 aromatic rings. The third kappa shape index (κ3) is 3.88. The number of benzene rings is 1. The predicted molar refractivity (Wildman–Crippen MR) is 82.1 cm³/mol. The van der Waals surface area contributed by atoms with Gasteiger partial charge in [-0.25, -0.2) is 13.1 Å². The lowest BCUT2D eigenvalue weighted by Crippen LogP contribution is -2.47. The topological polar surface area (TPSA) is 84.5 Å². The minimum Gasteiger partial charge on any atom is -0.494 e. The Morgan fingerprint density at radius 2 is 2.19 bits per heavy atom. The van der Waals surface area contributed by atoms with E-state index in [1.54, 1.807) is 6.07 Å². The Hall–Kier alpha value is -0.830. The predicted octanol–water partition coefficient (Wildman–Crippen LogP) is 1.67. The van der Waals surface area contributed by atoms with Crippen LogP contribution in [0.5, 0.6) is 5.75 Å². The molecule has 1 amide bonds. The highest BCUT2D eigenvalue weighted by molar-refractivity contribution is 9.10. The Labute approximate surface area is 136 Å². The summed E-state index contributed by atoms with van der Waals surface area (Å²) in [6.45, 7) is 0.266. The third-order valence-electron chi connectivity index (χ3n) is 3.06. The van der Waals surface area contributed by atoms with E-state index >= 15 is 0 Å². The quantitative estimate of drug-likeness (QED) is 0.809. The molecule has 1 aliphatic rings. The third-order valence-corrected chi connectivity index (χ3v) is 5.39. The molecular weight excluding hydrogens is 384 g/mol. The fraction of sp³-hybridized carbons (Fsp3) is 0.417. The van der Waals surface area contributed by atoms with Crippen molar-refractivity contribution in [3.05, 3.63) is 21.6 Å². The van der Waals surface area contributed by atoms with Crippen LogP contribution >= 0.6 is 27.5 Å². The molecule has 1 heterocycles. The molecule has 1 unspecified atom stereocenters. The van der Waals surface area contributed by atoms with Crippen LogP contribution in [0, 0.1) is 0 Å². The van der Waals surface area contributed by atoms with Crippen LogP contribution in [0.2, 0.25) is 5.02 Å². The van der Waals surface area contributed by atoms with Gasteiger partial charge in [-0.3, -0.25) is 4.79 Å². The first-order chi connectivity index (χ1) is 9.83. The van der Waals surface area contributed by atoms with Crippen molar-refractivity contribution in [1.82, 2.24) is 10.0 Å². The molecule has 1 atom stereocenters. The average molecular weight is 398 g/mol. The van der Waals surface area contributed by atoms with E-state index in [2.05, 4.69) is 26.0 Å². The first-order valence-corrected chi connectivity index (χ1v) is 8.81. The fourth-order valence-electron chi connectivity index (χ4n) is 2.05. The molecule has 0 spiro atoms. The minimum atomic E-state index is -3.81. The molecule has 1 fully saturated rings. The van der Waals surface area contributed by atoms with Crippen LogP contribution in [0.25, 0.3) is 0 Å². The number of carbonyl (C=O) groups is 1. The zero-order valence-corrected chi connectivity index (χ0v) is 14.3. The number of rotatable bonds is 4. The normalized spacial score (nSPS) is 19.2. The smallest absolute Gasteiger partial charge is 0.244 e. The number of ether oxygens (including phenoxy) is 1. The van der Waals surface area contributed by atoms with Gasteiger partial charge in [0.15, 0.2) is 5.75 Å². The van der Waals surface area contributed by atoms with Gasteiger partial charge in [0.05, 0.1) is 11.6 Å². The first kappa shape index (κ1) is 16.5. The van der Waals surface area contributed by atoms with Crippen LogP contribution in [-0.2, 0) is 14.8 Å². The molecule has 9 heteroatoms. The number of halogens is 2. The molecule has 1 aromatic carbocycles. The molecule has 2 N–H and O–H groups in total. The lowest BCUT2D eigenvalue weighted by molar-refractivity contribution is -0.122. The molecule has 0 radical (unpaired) electrons. The fourth-order valence-corrected chi connectivity index (χ4v) is 4.71. The number of sulfonamides is 1. The summed E-state index contributed by atoms with van der Waals surface area (Å²) in [6.07, 6.45) is 0.749. The molecular formula is C12H14BrClN2O4S. The SMILES string of the molecule is COc1c(Br)cc(Cl)cc1S(=O)(=O)NC1CCC(=O)NC1. The second-order valence-electron chi connectivity index (χ2n) is 4.58. The van der Waals surface area contributed by atoms with E-state index in [9.17, 15) is 13.2 Å². The van der Waals surface area contributed by atoms with Crippen LogP contribution in [0.3, 0.4) is 0 Å². The summed E-state index contributed by atoms with van der Waals surface area (Å²) < 4.78 is 33.1. The molecule has 0 aliphatic carbocycles. The maximum Gasteiger partial charge on any atom is 0.244 e. The number of hydrogen-bond acceptors (Lipinski definition) is 4. The Balaban J connectivity index is 2.29. The first-order valence-electron chi connectivity index (χ1n) is 6.15. The van der Waals surface area contributed by atoms with Crippen molar-refractivity contribution in [3.8, 4) is 5.75 Å². The summed E-state index contributed by atoms with van der Waals surface area (Å²) in [5.74, 6) is 0.111. The van der Waals surface area contributed by atoms with Crippen LogP contribution < -0.4 is 14.8 Å². The van der Waals surface area contributed by atoms with Gasteiger partial charge in [-0.2, -0.15) is 0 Å². The second kappa shape index (κ2) is 6.51. The van der Waals surface area contributed by atoms with Crippen molar-refractivity contribution in [2.45, 2.75) is 23.8 Å². The Morgan fingerprint density at radius 3 is 2.76 bits per heavy atom. The number of nitrogens with one attached hydrogen (secondary N) is 2. The molecule has 1 aliphatic heterocycles. The van der Waals surface area contributed by atoms with Gasteiger partial charge in [0.1, 0.15) is 4.90 Å². The molecule has 6 nitrogen and oxygen atoms in total. The van der Waals surface area contributed by atoms with Crippen LogP contribution in [-0.4, -0.2) is 34.0 Å². The molecule has 1 saturated heterocycles. The monoisotopic (exact) mass is 396 g/mol. The summed E-state index contributed by atoms with van der Waals surface area (Å²) in [4.78, 5) is 11.1. The highest BCUT2D eigenvalue weighted by Crippen LogP contribution is 2.35. The molecule has 21 heavy (non-hydrogen) atoms. The summed E-state index contributed by atoms with van der Waals surface area (Å²) in [6, 6.07) is 2.53. The van der Waals surface area contributed by atoms with Crippen LogP contribution in [0.15, 0.2) is 21.5 Å². The largest absolute Gasteiger partial charge is 0.494 e. The van der Waals surface area contributed by atoms with E-state index in [0.29, 0.717) is 17.3 Å². The molecule has 0 aromatic heterocycles. The zero-order chi connectivity index (χ0) is 15.6. The van der Waals surface area contributed by atoms with E-state index in [-0.39, 0.29) is 34.2 Å². The lowest BCUT2D eigenvalue weighted by Gasteiger charge is -2.24. The summed E-state index contributed by atoms with van der Waals surface area (Å²) in [5.41, 5.74) is 0. The van der Waals surface area contributed by atoms with Crippen LogP contribution in [0.4, 0.5) is 0 Å². The highest BCUT2D eigenvalue weighted by atomic mass is 79.9. The van der Waals surface area contributed by atoms with Crippen molar-refractivity contribution in [2.24, 2.45) is 0 Å². The van der Waals surface area contributed by atoms with Gasteiger partial charge in [0, 0.05) is 24.0 Å². The summed E-state index contributed by atoms with van der Waals surface area (Å²) in [7, 11) is -2.42. The number of amides is 1. The number of methoxy groups -OCH3 is 1. The molecule has 116 valence electrons. The molecule has 0 bridgehead atoms. The zero-order valence-electron chi connectivity index (χ0n) is 11.2. The lowest BCUT2D eigenvalue weighted by atomic mass is 10.1. The van der Waals surface area contributed by atoms with E-state index in [1.165, 1.54) is 13.2 Å². The summed E-state index contributed by atoms with van der Waals surface area (Å²) >= 11 is 9.14. The Kier molecular flexibility index (Phi) is 5.13. The van der Waals surface area contributed by atoms with E-state index in [1.807, 2.05) is 0 Å². The van der Waals surface area contributed by atoms with E-state index in [4.69, 9.17) is 16.3 Å². The maximum absolute atomic E-state index is 12.5. The van der Waals surface area contributed by atoms with Gasteiger partial charge in [-0.1, -0.05) is 11.6 Å². The number of carbonyl (C=O) groups excluding carboxylic acids is 1. The second-order valence-corrected chi connectivity index (χ2v) is 7.55. The van der Waals surface area contributed by atoms with Crippen molar-refractivity contribution < 1.29 is 17.9 Å². The Morgan fingerprint density at radius 1 is 1.48 bits per heavy atom. The Bertz CT molecular complexity index is 655. The van der Waals surface area contributed by atoms with Gasteiger partial charge in [0.25, 0.3) is 0 Å². The van der Waals surface area contributed by atoms with Gasteiger partial charge in [-0.05, 0) is 34.5 Å². The average Bonchev–Trinajstić information content (AvgIpc) is 2.40. The molecule has 0 saturated carbocycles. The minimum absolute atomic E-state index is 0.0405. The van der Waals surface area contributed by atoms with Crippen molar-refractivity contribution in [1.29, 1.82) is 0 Å². The van der Waals surface area contributed by atoms with Crippen molar-refractivity contribution in [3.63, 3.8) is 0 Å². The standard InChI is InChI=1S/C12H14BrClN2O4S/c1-20-12-9(13)4-7(14)5-10(12)21(18,19)16-8-2-3-11(17)15-6-8/h4-5,8,16H,2-3,6H2,1H3,(H,15,17). The van der Waals surface area contributed by atoms with Gasteiger partial charge < -0.3 is 10.1 Å². The highest BCUT2D eigenvalue weighted by Gasteiger charge is 2.27. The van der Waals surface area contributed by atoms with Gasteiger partial charge >= 0.3 is 0 Å². The maximum atomic E-state index is 12.5. The van der Waals surface area contributed by atoms with Crippen molar-refractivity contribution >= 4 is 43.5 Å². The van der Waals surface area contributed by atoms with Gasteiger partial charge in [-0.15, -0.1) is 0 Å². The van der Waals surface area contributed by atoms with E-state index in [0.717, 1.165) is 0 Å². The van der Waals surface area contributed by atoms with Crippen molar-refractivity contribution in [2.75, 3.05) is 13.7 Å². The number of piperidine rings is 1.